The minimum absolute atomic E-state index is 0.156. The predicted octanol–water partition coefficient (Wildman–Crippen LogP) is 0.0292. The average Bonchev–Trinajstić information content (AvgIpc) is 1.77. The summed E-state index contributed by atoms with van der Waals surface area (Å²) in [6.07, 6.45) is 5.57. The average molecular weight is 113 g/mol. The molecule has 1 aliphatic carbocycles. The maximum atomic E-state index is 5.62. The molecule has 1 aliphatic rings. The van der Waals surface area contributed by atoms with E-state index in [0.717, 1.165) is 12.8 Å². The van der Waals surface area contributed by atoms with Crippen LogP contribution < -0.4 is 11.5 Å². The molecule has 0 heterocycles. The Kier molecular flexibility index (Phi) is 1.86. The van der Waals surface area contributed by atoms with Gasteiger partial charge in [-0.05, 0) is 19.3 Å². The quantitative estimate of drug-likeness (QED) is 0.465. The normalized spacial score (nSPS) is 39.8. The van der Waals surface area contributed by atoms with E-state index in [-0.39, 0.29) is 12.1 Å². The fourth-order valence-electron chi connectivity index (χ4n) is 1.03. The van der Waals surface area contributed by atoms with Crippen molar-refractivity contribution >= 4 is 0 Å². The van der Waals surface area contributed by atoms with E-state index < -0.39 is 0 Å². The van der Waals surface area contributed by atoms with Gasteiger partial charge in [0.25, 0.3) is 0 Å². The second kappa shape index (κ2) is 2.46. The summed E-state index contributed by atoms with van der Waals surface area (Å²) in [5.74, 6) is 0. The lowest BCUT2D eigenvalue weighted by atomic mass is 9.92. The molecule has 0 aromatic carbocycles. The first-order chi connectivity index (χ1) is 3.80. The maximum absolute atomic E-state index is 5.62. The smallest absolute Gasteiger partial charge is 0.0224 e. The van der Waals surface area contributed by atoms with Crippen LogP contribution in [0.25, 0.3) is 0 Å². The van der Waals surface area contributed by atoms with Gasteiger partial charge in [0.05, 0.1) is 0 Å². The van der Waals surface area contributed by atoms with Gasteiger partial charge < -0.3 is 11.5 Å². The van der Waals surface area contributed by atoms with E-state index in [4.69, 9.17) is 11.5 Å². The molecule has 8 heavy (non-hydrogen) atoms. The van der Waals surface area contributed by atoms with Crippen LogP contribution in [-0.2, 0) is 0 Å². The van der Waals surface area contributed by atoms with Gasteiger partial charge in [0, 0.05) is 12.1 Å². The Morgan fingerprint density at radius 2 is 2.12 bits per heavy atom. The van der Waals surface area contributed by atoms with Gasteiger partial charge in [0.1, 0.15) is 0 Å². The molecule has 2 atom stereocenters. The van der Waals surface area contributed by atoms with Crippen molar-refractivity contribution in [1.29, 1.82) is 0 Å². The monoisotopic (exact) mass is 113 g/mol. The lowest BCUT2D eigenvalue weighted by Gasteiger charge is -2.23. The second-order valence-electron chi connectivity index (χ2n) is 2.41. The van der Waals surface area contributed by atoms with Crippen LogP contribution in [0.4, 0.5) is 0 Å². The number of nitrogens with two attached hydrogens (primary N) is 2. The first kappa shape index (κ1) is 6.05. The van der Waals surface area contributed by atoms with Crippen LogP contribution in [0.5, 0.6) is 0 Å². The highest BCUT2D eigenvalue weighted by Gasteiger charge is 2.16. The van der Waals surface area contributed by atoms with E-state index in [2.05, 4.69) is 6.42 Å². The molecular weight excluding hydrogens is 100 g/mol. The fraction of sp³-hybridized carbons (Fsp3) is 0.833. The minimum Gasteiger partial charge on any atom is -0.326 e. The van der Waals surface area contributed by atoms with Gasteiger partial charge in [-0.3, -0.25) is 0 Å². The zero-order valence-corrected chi connectivity index (χ0v) is 5.01. The first-order valence-electron chi connectivity index (χ1n) is 3.15. The highest BCUT2D eigenvalue weighted by atomic mass is 14.8. The molecule has 2 unspecified atom stereocenters. The van der Waals surface area contributed by atoms with Crippen LogP contribution in [0.2, 0.25) is 0 Å². The van der Waals surface area contributed by atoms with E-state index in [1.165, 1.54) is 6.42 Å². The van der Waals surface area contributed by atoms with Gasteiger partial charge in [-0.1, -0.05) is 6.42 Å². The van der Waals surface area contributed by atoms with E-state index in [0.29, 0.717) is 0 Å². The summed E-state index contributed by atoms with van der Waals surface area (Å²) in [6.45, 7) is 0. The fourth-order valence-corrected chi connectivity index (χ4v) is 1.03. The Hall–Kier alpha value is -0.0800. The summed E-state index contributed by atoms with van der Waals surface area (Å²) in [5, 5.41) is 0. The Balaban J connectivity index is 2.28. The standard InChI is InChI=1S/C6H13N2/c7-5-3-1-2-4-6(5)8/h3,5-6H,1-2,4,7-8H2. The van der Waals surface area contributed by atoms with Gasteiger partial charge >= 0.3 is 0 Å². The first-order valence-corrected chi connectivity index (χ1v) is 3.15. The van der Waals surface area contributed by atoms with Crippen LogP contribution in [0.15, 0.2) is 0 Å². The van der Waals surface area contributed by atoms with Crippen LogP contribution in [0, 0.1) is 6.42 Å². The summed E-state index contributed by atoms with van der Waals surface area (Å²) in [7, 11) is 0. The Bertz CT molecular complexity index is 62.9. The van der Waals surface area contributed by atoms with Crippen molar-refractivity contribution in [3.05, 3.63) is 6.42 Å². The van der Waals surface area contributed by atoms with Crippen molar-refractivity contribution in [1.82, 2.24) is 0 Å². The molecule has 0 saturated heterocycles. The largest absolute Gasteiger partial charge is 0.326 e. The van der Waals surface area contributed by atoms with Crippen LogP contribution in [-0.4, -0.2) is 12.1 Å². The SMILES string of the molecule is NC1[CH]CCCC1N. The van der Waals surface area contributed by atoms with E-state index in [1.807, 2.05) is 0 Å². The van der Waals surface area contributed by atoms with Crippen LogP contribution in [0.3, 0.4) is 0 Å². The van der Waals surface area contributed by atoms with Gasteiger partial charge in [-0.15, -0.1) is 0 Å². The molecule has 1 rings (SSSR count). The van der Waals surface area contributed by atoms with Gasteiger partial charge in [-0.25, -0.2) is 0 Å². The zero-order valence-electron chi connectivity index (χ0n) is 5.01. The number of rotatable bonds is 0. The molecule has 0 amide bonds. The summed E-state index contributed by atoms with van der Waals surface area (Å²) >= 11 is 0. The van der Waals surface area contributed by atoms with Crippen LogP contribution >= 0.6 is 0 Å². The maximum Gasteiger partial charge on any atom is 0.0224 e. The molecule has 1 fully saturated rings. The van der Waals surface area contributed by atoms with Crippen molar-refractivity contribution in [2.45, 2.75) is 31.3 Å². The molecule has 0 spiro atoms. The minimum atomic E-state index is 0.156. The third kappa shape index (κ3) is 1.20. The summed E-state index contributed by atoms with van der Waals surface area (Å²) in [6, 6.07) is 0.382. The lowest BCUT2D eigenvalue weighted by Crippen LogP contribution is -2.43. The summed E-state index contributed by atoms with van der Waals surface area (Å²) in [4.78, 5) is 0. The zero-order chi connectivity index (χ0) is 5.98. The van der Waals surface area contributed by atoms with Crippen molar-refractivity contribution in [3.8, 4) is 0 Å². The van der Waals surface area contributed by atoms with Crippen LogP contribution in [0.1, 0.15) is 19.3 Å². The van der Waals surface area contributed by atoms with E-state index in [9.17, 15) is 0 Å². The molecule has 2 heteroatoms. The molecule has 1 saturated carbocycles. The molecule has 0 aromatic heterocycles. The Morgan fingerprint density at radius 3 is 2.50 bits per heavy atom. The predicted molar refractivity (Wildman–Crippen MR) is 34.1 cm³/mol. The number of hydrogen-bond acceptors (Lipinski definition) is 2. The second-order valence-corrected chi connectivity index (χ2v) is 2.41. The summed E-state index contributed by atoms with van der Waals surface area (Å²) < 4.78 is 0. The van der Waals surface area contributed by atoms with Crippen molar-refractivity contribution in [2.75, 3.05) is 0 Å². The molecule has 0 bridgehead atoms. The molecule has 1 radical (unpaired) electrons. The molecule has 4 N–H and O–H groups in total. The van der Waals surface area contributed by atoms with Gasteiger partial charge in [0.15, 0.2) is 0 Å². The molecule has 0 aliphatic heterocycles. The third-order valence-corrected chi connectivity index (χ3v) is 1.67. The highest BCUT2D eigenvalue weighted by Crippen LogP contribution is 2.13. The van der Waals surface area contributed by atoms with E-state index in [1.54, 1.807) is 0 Å². The Labute approximate surface area is 50.2 Å². The topological polar surface area (TPSA) is 52.0 Å². The van der Waals surface area contributed by atoms with Gasteiger partial charge in [-0.2, -0.15) is 0 Å². The summed E-state index contributed by atoms with van der Waals surface area (Å²) in [5.41, 5.74) is 11.2. The van der Waals surface area contributed by atoms with Crippen molar-refractivity contribution in [3.63, 3.8) is 0 Å². The Morgan fingerprint density at radius 1 is 1.38 bits per heavy atom. The van der Waals surface area contributed by atoms with Gasteiger partial charge in [0.2, 0.25) is 0 Å². The molecule has 47 valence electrons. The lowest BCUT2D eigenvalue weighted by molar-refractivity contribution is 0.456. The van der Waals surface area contributed by atoms with E-state index >= 15 is 0 Å². The molecule has 2 nitrogen and oxygen atoms in total. The molecule has 0 aromatic rings. The van der Waals surface area contributed by atoms with Crippen molar-refractivity contribution < 1.29 is 0 Å². The third-order valence-electron chi connectivity index (χ3n) is 1.67. The van der Waals surface area contributed by atoms with Crippen molar-refractivity contribution in [2.24, 2.45) is 11.5 Å². The number of hydrogen-bond donors (Lipinski definition) is 2. The molecular formula is C6H13N2. The highest BCUT2D eigenvalue weighted by molar-refractivity contribution is 4.92.